The van der Waals surface area contributed by atoms with E-state index in [9.17, 15) is 4.21 Å². The van der Waals surface area contributed by atoms with Gasteiger partial charge in [-0.2, -0.15) is 0 Å². The summed E-state index contributed by atoms with van der Waals surface area (Å²) in [7, 11) is 0. The number of benzene rings is 2. The number of aryl methyl sites for hydroxylation is 1. The van der Waals surface area contributed by atoms with Crippen molar-refractivity contribution in [1.29, 1.82) is 0 Å². The van der Waals surface area contributed by atoms with Crippen LogP contribution in [-0.4, -0.2) is 33.3 Å². The second-order valence-corrected chi connectivity index (χ2v) is 6.86. The topological polar surface area (TPSA) is 90.8 Å². The number of aliphatic hydroxyl groups excluding tert-OH is 1. The maximum atomic E-state index is 10.9. The van der Waals surface area contributed by atoms with Gasteiger partial charge in [0.2, 0.25) is 0 Å². The molecule has 8 heteroatoms. The monoisotopic (exact) mass is 382 g/mol. The van der Waals surface area contributed by atoms with Crippen molar-refractivity contribution in [3.63, 3.8) is 0 Å². The molecule has 0 spiro atoms. The molecule has 0 radical (unpaired) electrons. The third kappa shape index (κ3) is 6.02. The van der Waals surface area contributed by atoms with E-state index in [4.69, 9.17) is 14.4 Å². The first kappa shape index (κ1) is 19.7. The highest BCUT2D eigenvalue weighted by molar-refractivity contribution is 7.98. The van der Waals surface area contributed by atoms with E-state index in [0.717, 1.165) is 16.9 Å². The van der Waals surface area contributed by atoms with Crippen LogP contribution < -0.4 is 14.8 Å². The highest BCUT2D eigenvalue weighted by Crippen LogP contribution is 2.31. The van der Waals surface area contributed by atoms with E-state index in [1.165, 1.54) is 4.90 Å². The standard InChI is InChI=1S/C17H22N2O4S2/c1-12-9-15(4-6-17(12)24-2)23-16-5-3-14(19-25(21)22)10-13(16)11-18-7-8-20/h3-6,9-10,18-20H,7-8,11H2,1-2H3,(H,21,22). The molecule has 0 aliphatic heterocycles. The van der Waals surface area contributed by atoms with Crippen LogP contribution in [0.15, 0.2) is 41.3 Å². The lowest BCUT2D eigenvalue weighted by atomic mass is 10.1. The number of hydrogen-bond acceptors (Lipinski definition) is 5. The Morgan fingerprint density at radius 3 is 2.68 bits per heavy atom. The molecule has 4 N–H and O–H groups in total. The number of hydrogen-bond donors (Lipinski definition) is 4. The molecule has 2 aromatic carbocycles. The third-order valence-corrected chi connectivity index (χ3v) is 4.77. The second kappa shape index (κ2) is 9.79. The van der Waals surface area contributed by atoms with Gasteiger partial charge < -0.3 is 15.2 Å². The average molecular weight is 383 g/mol. The van der Waals surface area contributed by atoms with Gasteiger partial charge in [0.25, 0.3) is 11.3 Å². The number of thioether (sulfide) groups is 1. The molecule has 0 amide bonds. The summed E-state index contributed by atoms with van der Waals surface area (Å²) in [4.78, 5) is 1.20. The minimum Gasteiger partial charge on any atom is -0.457 e. The Balaban J connectivity index is 2.24. The van der Waals surface area contributed by atoms with Gasteiger partial charge in [0.05, 0.1) is 6.61 Å². The first-order chi connectivity index (χ1) is 12.0. The van der Waals surface area contributed by atoms with Gasteiger partial charge in [0.1, 0.15) is 11.5 Å². The van der Waals surface area contributed by atoms with Crippen molar-refractivity contribution in [2.75, 3.05) is 24.1 Å². The molecule has 2 rings (SSSR count). The van der Waals surface area contributed by atoms with Crippen molar-refractivity contribution in [3.8, 4) is 11.5 Å². The molecule has 0 aromatic heterocycles. The minimum absolute atomic E-state index is 0.0319. The van der Waals surface area contributed by atoms with Gasteiger partial charge in [-0.25, -0.2) is 4.21 Å². The summed E-state index contributed by atoms with van der Waals surface area (Å²) in [5.74, 6) is 1.38. The lowest BCUT2D eigenvalue weighted by Crippen LogP contribution is -2.18. The smallest absolute Gasteiger partial charge is 0.259 e. The van der Waals surface area contributed by atoms with Crippen molar-refractivity contribution in [3.05, 3.63) is 47.5 Å². The molecule has 0 heterocycles. The summed E-state index contributed by atoms with van der Waals surface area (Å²) in [6.45, 7) is 2.98. The van der Waals surface area contributed by atoms with E-state index in [1.54, 1.807) is 30.0 Å². The van der Waals surface area contributed by atoms with E-state index in [-0.39, 0.29) is 6.61 Å². The van der Waals surface area contributed by atoms with Crippen LogP contribution in [0.25, 0.3) is 0 Å². The van der Waals surface area contributed by atoms with Crippen molar-refractivity contribution in [1.82, 2.24) is 5.32 Å². The molecule has 0 saturated heterocycles. The number of rotatable bonds is 9. The third-order valence-electron chi connectivity index (χ3n) is 3.46. The van der Waals surface area contributed by atoms with Gasteiger partial charge in [0.15, 0.2) is 0 Å². The quantitative estimate of drug-likeness (QED) is 0.303. The first-order valence-electron chi connectivity index (χ1n) is 7.68. The van der Waals surface area contributed by atoms with Crippen LogP contribution in [0.3, 0.4) is 0 Å². The fourth-order valence-corrected chi connectivity index (χ4v) is 3.24. The molecule has 1 unspecified atom stereocenters. The van der Waals surface area contributed by atoms with Crippen LogP contribution >= 0.6 is 11.8 Å². The van der Waals surface area contributed by atoms with E-state index < -0.39 is 11.3 Å². The maximum Gasteiger partial charge on any atom is 0.259 e. The molecule has 0 aliphatic carbocycles. The molecule has 0 fully saturated rings. The van der Waals surface area contributed by atoms with Crippen LogP contribution in [0.5, 0.6) is 11.5 Å². The van der Waals surface area contributed by atoms with Gasteiger partial charge in [-0.3, -0.25) is 9.27 Å². The van der Waals surface area contributed by atoms with Crippen LogP contribution in [-0.2, 0) is 17.8 Å². The predicted molar refractivity (Wildman–Crippen MR) is 103 cm³/mol. The second-order valence-electron chi connectivity index (χ2n) is 5.31. The molecular weight excluding hydrogens is 360 g/mol. The normalized spacial score (nSPS) is 12.0. The summed E-state index contributed by atoms with van der Waals surface area (Å²) in [6.07, 6.45) is 2.03. The largest absolute Gasteiger partial charge is 0.457 e. The number of anilines is 1. The Bertz CT molecular complexity index is 741. The Kier molecular flexibility index (Phi) is 7.73. The lowest BCUT2D eigenvalue weighted by molar-refractivity contribution is 0.291. The number of nitrogens with one attached hydrogen (secondary N) is 2. The fourth-order valence-electron chi connectivity index (χ4n) is 2.32. The van der Waals surface area contributed by atoms with Crippen molar-refractivity contribution in [2.45, 2.75) is 18.4 Å². The molecule has 6 nitrogen and oxygen atoms in total. The molecule has 0 saturated carbocycles. The Labute approximate surface area is 154 Å². The highest BCUT2D eigenvalue weighted by atomic mass is 32.2. The van der Waals surface area contributed by atoms with E-state index >= 15 is 0 Å². The molecular formula is C17H22N2O4S2. The van der Waals surface area contributed by atoms with Crippen LogP contribution in [0.2, 0.25) is 0 Å². The Morgan fingerprint density at radius 2 is 2.04 bits per heavy atom. The summed E-state index contributed by atoms with van der Waals surface area (Å²) >= 11 is -0.452. The van der Waals surface area contributed by atoms with Crippen LogP contribution in [0.4, 0.5) is 5.69 Å². The molecule has 0 bridgehead atoms. The zero-order chi connectivity index (χ0) is 18.2. The maximum absolute atomic E-state index is 10.9. The molecule has 136 valence electrons. The highest BCUT2D eigenvalue weighted by Gasteiger charge is 2.09. The first-order valence-corrected chi connectivity index (χ1v) is 10.0. The molecule has 0 aliphatic rings. The van der Waals surface area contributed by atoms with Crippen LogP contribution in [0, 0.1) is 6.92 Å². The Hall–Kier alpha value is -1.58. The zero-order valence-electron chi connectivity index (χ0n) is 14.1. The number of aliphatic hydroxyl groups is 1. The van der Waals surface area contributed by atoms with Gasteiger partial charge >= 0.3 is 0 Å². The summed E-state index contributed by atoms with van der Waals surface area (Å²) in [5, 5.41) is 12.0. The van der Waals surface area contributed by atoms with Gasteiger partial charge in [-0.05, 0) is 55.1 Å². The van der Waals surface area contributed by atoms with Crippen LogP contribution in [0.1, 0.15) is 11.1 Å². The average Bonchev–Trinajstić information content (AvgIpc) is 2.57. The summed E-state index contributed by atoms with van der Waals surface area (Å²) in [5.41, 5.74) is 2.47. The minimum atomic E-state index is -2.14. The number of ether oxygens (including phenoxy) is 1. The Morgan fingerprint density at radius 1 is 1.24 bits per heavy atom. The molecule has 25 heavy (non-hydrogen) atoms. The molecule has 2 aromatic rings. The SMILES string of the molecule is CSc1ccc(Oc2ccc(NS(=O)O)cc2CNCCO)cc1C. The van der Waals surface area contributed by atoms with E-state index in [2.05, 4.69) is 10.0 Å². The zero-order valence-corrected chi connectivity index (χ0v) is 15.7. The van der Waals surface area contributed by atoms with Crippen molar-refractivity contribution >= 4 is 28.7 Å². The van der Waals surface area contributed by atoms with E-state index in [1.807, 2.05) is 31.4 Å². The summed E-state index contributed by atoms with van der Waals surface area (Å²) < 4.78 is 28.4. The summed E-state index contributed by atoms with van der Waals surface area (Å²) in [6, 6.07) is 11.1. The van der Waals surface area contributed by atoms with E-state index in [0.29, 0.717) is 24.5 Å². The lowest BCUT2D eigenvalue weighted by Gasteiger charge is -2.14. The van der Waals surface area contributed by atoms with Gasteiger partial charge in [-0.1, -0.05) is 0 Å². The van der Waals surface area contributed by atoms with Crippen molar-refractivity contribution in [2.24, 2.45) is 0 Å². The van der Waals surface area contributed by atoms with Crippen molar-refractivity contribution < 1.29 is 18.6 Å². The molecule has 1 atom stereocenters. The fraction of sp³-hybridized carbons (Fsp3) is 0.294. The van der Waals surface area contributed by atoms with Gasteiger partial charge in [0, 0.05) is 29.2 Å². The van der Waals surface area contributed by atoms with Gasteiger partial charge in [-0.15, -0.1) is 11.8 Å². The predicted octanol–water partition coefficient (Wildman–Crippen LogP) is 3.14.